The third kappa shape index (κ3) is 1.66. The van der Waals surface area contributed by atoms with E-state index in [4.69, 9.17) is 12.2 Å². The van der Waals surface area contributed by atoms with Crippen molar-refractivity contribution >= 4 is 34.2 Å². The Morgan fingerprint density at radius 2 is 2.23 bits per heavy atom. The van der Waals surface area contributed by atoms with Crippen LogP contribution in [0.3, 0.4) is 0 Å². The fourth-order valence-corrected chi connectivity index (χ4v) is 2.08. The first kappa shape index (κ1) is 8.52. The normalized spacial score (nSPS) is 26.2. The maximum absolute atomic E-state index is 11.3. The first-order valence-electron chi connectivity index (χ1n) is 3.64. The Labute approximate surface area is 85.0 Å². The van der Waals surface area contributed by atoms with Crippen LogP contribution < -0.4 is 10.6 Å². The topological polar surface area (TPSA) is 41.1 Å². The van der Waals surface area contributed by atoms with Crippen molar-refractivity contribution in [1.29, 1.82) is 0 Å². The van der Waals surface area contributed by atoms with Crippen LogP contribution in [0.4, 0.5) is 0 Å². The summed E-state index contributed by atoms with van der Waals surface area (Å²) >= 11 is 6.15. The zero-order chi connectivity index (χ0) is 9.26. The number of hydrogen-bond acceptors (Lipinski definition) is 4. The Bertz CT molecular complexity index is 368. The van der Waals surface area contributed by atoms with Gasteiger partial charge in [0, 0.05) is 6.20 Å². The molecule has 13 heavy (non-hydrogen) atoms. The van der Waals surface area contributed by atoms with E-state index in [0.29, 0.717) is 9.23 Å². The number of dihydropyridines is 1. The number of amides is 1. The summed E-state index contributed by atoms with van der Waals surface area (Å²) in [6.07, 6.45) is 7.35. The number of allylic oxidation sites excluding steroid dienone is 3. The van der Waals surface area contributed by atoms with E-state index in [-0.39, 0.29) is 5.91 Å². The summed E-state index contributed by atoms with van der Waals surface area (Å²) in [5.74, 6) is -0.127. The summed E-state index contributed by atoms with van der Waals surface area (Å²) in [4.78, 5) is 11.9. The van der Waals surface area contributed by atoms with E-state index in [2.05, 4.69) is 10.6 Å². The molecule has 1 saturated heterocycles. The molecule has 2 N–H and O–H groups in total. The molecule has 2 rings (SSSR count). The first-order chi connectivity index (χ1) is 6.27. The van der Waals surface area contributed by atoms with E-state index in [9.17, 15) is 4.79 Å². The van der Waals surface area contributed by atoms with Gasteiger partial charge in [0.05, 0.1) is 5.70 Å². The highest BCUT2D eigenvalue weighted by molar-refractivity contribution is 8.26. The number of hydrogen-bond donors (Lipinski definition) is 2. The van der Waals surface area contributed by atoms with Gasteiger partial charge in [0.25, 0.3) is 5.91 Å². The molecule has 1 fully saturated rings. The van der Waals surface area contributed by atoms with Crippen molar-refractivity contribution < 1.29 is 4.79 Å². The second kappa shape index (κ2) is 3.35. The van der Waals surface area contributed by atoms with E-state index in [1.807, 2.05) is 18.2 Å². The van der Waals surface area contributed by atoms with Crippen molar-refractivity contribution in [1.82, 2.24) is 10.6 Å². The molecule has 66 valence electrons. The van der Waals surface area contributed by atoms with Gasteiger partial charge in [0.15, 0.2) is 0 Å². The second-order valence-electron chi connectivity index (χ2n) is 2.45. The van der Waals surface area contributed by atoms with E-state index in [1.54, 1.807) is 6.20 Å². The maximum Gasteiger partial charge on any atom is 0.265 e. The van der Waals surface area contributed by atoms with E-state index >= 15 is 0 Å². The minimum Gasteiger partial charge on any atom is -0.361 e. The molecule has 1 amide bonds. The van der Waals surface area contributed by atoms with Crippen molar-refractivity contribution in [3.05, 3.63) is 35.0 Å². The van der Waals surface area contributed by atoms with Gasteiger partial charge in [0.1, 0.15) is 9.23 Å². The van der Waals surface area contributed by atoms with Crippen LogP contribution in [0.15, 0.2) is 35.0 Å². The Hall–Kier alpha value is -1.07. The molecule has 0 saturated carbocycles. The molecule has 2 aliphatic heterocycles. The SMILES string of the molecule is O=C1NC(=S)SC1=C1C=CC=CN1. The quantitative estimate of drug-likeness (QED) is 0.462. The maximum atomic E-state index is 11.3. The van der Waals surface area contributed by atoms with Crippen LogP contribution in [0.25, 0.3) is 0 Å². The number of carbonyl (C=O) groups is 1. The van der Waals surface area contributed by atoms with E-state index in [1.165, 1.54) is 11.8 Å². The average molecular weight is 210 g/mol. The van der Waals surface area contributed by atoms with Gasteiger partial charge in [0.2, 0.25) is 0 Å². The Morgan fingerprint density at radius 1 is 1.38 bits per heavy atom. The smallest absolute Gasteiger partial charge is 0.265 e. The first-order valence-corrected chi connectivity index (χ1v) is 4.87. The molecule has 0 spiro atoms. The fourth-order valence-electron chi connectivity index (χ4n) is 1.03. The van der Waals surface area contributed by atoms with Gasteiger partial charge >= 0.3 is 0 Å². The fraction of sp³-hybridized carbons (Fsp3) is 0. The lowest BCUT2D eigenvalue weighted by atomic mass is 10.3. The number of rotatable bonds is 0. The van der Waals surface area contributed by atoms with Gasteiger partial charge in [-0.05, 0) is 12.2 Å². The molecule has 5 heteroatoms. The molecule has 0 bridgehead atoms. The lowest BCUT2D eigenvalue weighted by Crippen LogP contribution is -2.19. The van der Waals surface area contributed by atoms with Crippen LogP contribution in [-0.2, 0) is 4.79 Å². The molecular formula is C8H6N2OS2. The largest absolute Gasteiger partial charge is 0.361 e. The monoisotopic (exact) mass is 210 g/mol. The summed E-state index contributed by atoms with van der Waals surface area (Å²) < 4.78 is 0.511. The highest BCUT2D eigenvalue weighted by Crippen LogP contribution is 2.26. The van der Waals surface area contributed by atoms with E-state index < -0.39 is 0 Å². The third-order valence-corrected chi connectivity index (χ3v) is 2.82. The van der Waals surface area contributed by atoms with Crippen molar-refractivity contribution in [2.24, 2.45) is 0 Å². The third-order valence-electron chi connectivity index (χ3n) is 1.57. The van der Waals surface area contributed by atoms with E-state index in [0.717, 1.165) is 5.70 Å². The molecule has 0 atom stereocenters. The Balaban J connectivity index is 2.33. The van der Waals surface area contributed by atoms with Crippen molar-refractivity contribution in [3.8, 4) is 0 Å². The van der Waals surface area contributed by atoms with Crippen LogP contribution in [0.5, 0.6) is 0 Å². The van der Waals surface area contributed by atoms with Gasteiger partial charge < -0.3 is 10.6 Å². The number of thiocarbonyl (C=S) groups is 1. The van der Waals surface area contributed by atoms with Gasteiger partial charge in [-0.25, -0.2) is 0 Å². The molecule has 3 nitrogen and oxygen atoms in total. The molecule has 0 aliphatic carbocycles. The molecule has 0 aromatic carbocycles. The van der Waals surface area contributed by atoms with Crippen molar-refractivity contribution in [3.63, 3.8) is 0 Å². The predicted octanol–water partition coefficient (Wildman–Crippen LogP) is 1.02. The van der Waals surface area contributed by atoms with Crippen molar-refractivity contribution in [2.75, 3.05) is 0 Å². The van der Waals surface area contributed by atoms with Crippen LogP contribution in [0, 0.1) is 0 Å². The average Bonchev–Trinajstić information content (AvgIpc) is 2.47. The Kier molecular flexibility index (Phi) is 2.20. The molecule has 2 heterocycles. The molecule has 0 aromatic heterocycles. The lowest BCUT2D eigenvalue weighted by Gasteiger charge is -2.06. The van der Waals surface area contributed by atoms with Gasteiger partial charge in [-0.3, -0.25) is 4.79 Å². The zero-order valence-electron chi connectivity index (χ0n) is 6.53. The number of carbonyl (C=O) groups excluding carboxylic acids is 1. The standard InChI is InChI=1S/C8H6N2OS2/c11-7-6(13-8(12)10-7)5-3-1-2-4-9-5/h1-4,9H,(H,10,11,12). The van der Waals surface area contributed by atoms with Crippen LogP contribution >= 0.6 is 24.0 Å². The molecule has 0 unspecified atom stereocenters. The van der Waals surface area contributed by atoms with Crippen LogP contribution in [0.2, 0.25) is 0 Å². The molecule has 0 radical (unpaired) electrons. The van der Waals surface area contributed by atoms with Gasteiger partial charge in [-0.1, -0.05) is 30.1 Å². The summed E-state index contributed by atoms with van der Waals surface area (Å²) in [5, 5.41) is 5.55. The second-order valence-corrected chi connectivity index (χ2v) is 4.14. The summed E-state index contributed by atoms with van der Waals surface area (Å²) in [6.45, 7) is 0. The highest BCUT2D eigenvalue weighted by atomic mass is 32.2. The zero-order valence-corrected chi connectivity index (χ0v) is 8.17. The van der Waals surface area contributed by atoms with Gasteiger partial charge in [-0.15, -0.1) is 0 Å². The molecular weight excluding hydrogens is 204 g/mol. The molecule has 0 aromatic rings. The minimum absolute atomic E-state index is 0.127. The highest BCUT2D eigenvalue weighted by Gasteiger charge is 2.25. The predicted molar refractivity (Wildman–Crippen MR) is 56.8 cm³/mol. The summed E-state index contributed by atoms with van der Waals surface area (Å²) in [7, 11) is 0. The Morgan fingerprint density at radius 3 is 2.77 bits per heavy atom. The number of thioether (sulfide) groups is 1. The lowest BCUT2D eigenvalue weighted by molar-refractivity contribution is -0.115. The minimum atomic E-state index is -0.127. The summed E-state index contributed by atoms with van der Waals surface area (Å²) in [5.41, 5.74) is 0.796. The van der Waals surface area contributed by atoms with Crippen molar-refractivity contribution in [2.45, 2.75) is 0 Å². The van der Waals surface area contributed by atoms with Crippen LogP contribution in [0.1, 0.15) is 0 Å². The molecule has 2 aliphatic rings. The number of nitrogens with one attached hydrogen (secondary N) is 2. The van der Waals surface area contributed by atoms with Gasteiger partial charge in [-0.2, -0.15) is 0 Å². The van der Waals surface area contributed by atoms with Crippen LogP contribution in [-0.4, -0.2) is 10.2 Å². The summed E-state index contributed by atoms with van der Waals surface area (Å²) in [6, 6.07) is 0.